The standard InChI is InChI=1S/C28H33N5O2/c1-20(22-9-5-3-6-10-22)32-27-24-17-25(33-28(24)31-19-30-27)23-14-12-21(13-15-23)18-29-16-8-4-7-11-26(34)35-2/h3,5-6,9-10,12-15,17,19-20,29H,4,7-8,11,16,18H2,1-2H3,(H2,30,31,32,33)/t20-/m1/s1. The van der Waals surface area contributed by atoms with Gasteiger partial charge in [-0.15, -0.1) is 0 Å². The summed E-state index contributed by atoms with van der Waals surface area (Å²) in [6, 6.07) is 21.1. The van der Waals surface area contributed by atoms with Crippen LogP contribution in [0.25, 0.3) is 22.3 Å². The van der Waals surface area contributed by atoms with E-state index in [9.17, 15) is 4.79 Å². The number of hydrogen-bond donors (Lipinski definition) is 3. The lowest BCUT2D eigenvalue weighted by Gasteiger charge is -2.15. The lowest BCUT2D eigenvalue weighted by molar-refractivity contribution is -0.140. The maximum Gasteiger partial charge on any atom is 0.305 e. The number of esters is 1. The maximum absolute atomic E-state index is 11.1. The third-order valence-corrected chi connectivity index (χ3v) is 6.13. The van der Waals surface area contributed by atoms with Crippen molar-refractivity contribution in [3.8, 4) is 11.3 Å². The van der Waals surface area contributed by atoms with Crippen molar-refractivity contribution >= 4 is 22.8 Å². The number of ether oxygens (including phenoxy) is 1. The zero-order valence-electron chi connectivity index (χ0n) is 20.4. The number of benzene rings is 2. The van der Waals surface area contributed by atoms with E-state index in [0.29, 0.717) is 6.42 Å². The number of aromatic amines is 1. The van der Waals surface area contributed by atoms with Gasteiger partial charge in [-0.2, -0.15) is 0 Å². The lowest BCUT2D eigenvalue weighted by atomic mass is 10.1. The van der Waals surface area contributed by atoms with Gasteiger partial charge in [-0.25, -0.2) is 9.97 Å². The normalized spacial score (nSPS) is 11.9. The molecule has 1 atom stereocenters. The van der Waals surface area contributed by atoms with Crippen molar-refractivity contribution < 1.29 is 9.53 Å². The molecule has 7 heteroatoms. The first kappa shape index (κ1) is 24.4. The summed E-state index contributed by atoms with van der Waals surface area (Å²) in [5, 5.41) is 7.97. The Morgan fingerprint density at radius 2 is 1.83 bits per heavy atom. The summed E-state index contributed by atoms with van der Waals surface area (Å²) in [5.41, 5.74) is 5.38. The Balaban J connectivity index is 1.33. The van der Waals surface area contributed by atoms with Crippen LogP contribution in [0.4, 0.5) is 5.82 Å². The van der Waals surface area contributed by atoms with Crippen molar-refractivity contribution in [1.29, 1.82) is 0 Å². The molecule has 0 unspecified atom stereocenters. The molecule has 0 aliphatic rings. The van der Waals surface area contributed by atoms with E-state index in [1.54, 1.807) is 6.33 Å². The minimum Gasteiger partial charge on any atom is -0.469 e. The molecule has 35 heavy (non-hydrogen) atoms. The van der Waals surface area contributed by atoms with E-state index in [-0.39, 0.29) is 12.0 Å². The number of rotatable bonds is 12. The smallest absolute Gasteiger partial charge is 0.305 e. The quantitative estimate of drug-likeness (QED) is 0.183. The summed E-state index contributed by atoms with van der Waals surface area (Å²) in [5.74, 6) is 0.690. The number of carbonyl (C=O) groups excluding carboxylic acids is 1. The second-order valence-corrected chi connectivity index (χ2v) is 8.70. The number of unbranched alkanes of at least 4 members (excludes halogenated alkanes) is 2. The van der Waals surface area contributed by atoms with Gasteiger partial charge in [0.15, 0.2) is 0 Å². The van der Waals surface area contributed by atoms with Gasteiger partial charge in [-0.1, -0.05) is 61.0 Å². The molecule has 0 saturated carbocycles. The first-order valence-electron chi connectivity index (χ1n) is 12.2. The van der Waals surface area contributed by atoms with E-state index in [2.05, 4.69) is 79.7 Å². The van der Waals surface area contributed by atoms with Gasteiger partial charge in [0.2, 0.25) is 0 Å². The summed E-state index contributed by atoms with van der Waals surface area (Å²) in [6.45, 7) is 3.88. The molecule has 0 amide bonds. The number of carbonyl (C=O) groups is 1. The van der Waals surface area contributed by atoms with Gasteiger partial charge in [0.25, 0.3) is 0 Å². The van der Waals surface area contributed by atoms with E-state index in [4.69, 9.17) is 0 Å². The highest BCUT2D eigenvalue weighted by Gasteiger charge is 2.12. The van der Waals surface area contributed by atoms with E-state index < -0.39 is 0 Å². The number of hydrogen-bond acceptors (Lipinski definition) is 6. The molecule has 0 saturated heterocycles. The van der Waals surface area contributed by atoms with Crippen LogP contribution >= 0.6 is 0 Å². The molecule has 4 aromatic rings. The molecule has 0 fully saturated rings. The number of nitrogens with one attached hydrogen (secondary N) is 3. The fourth-order valence-corrected chi connectivity index (χ4v) is 4.07. The van der Waals surface area contributed by atoms with Gasteiger partial charge in [0.1, 0.15) is 17.8 Å². The second kappa shape index (κ2) is 12.1. The van der Waals surface area contributed by atoms with Crippen LogP contribution in [0.2, 0.25) is 0 Å². The number of H-pyrrole nitrogens is 1. The second-order valence-electron chi connectivity index (χ2n) is 8.70. The third kappa shape index (κ3) is 6.67. The monoisotopic (exact) mass is 471 g/mol. The fraction of sp³-hybridized carbons (Fsp3) is 0.321. The van der Waals surface area contributed by atoms with E-state index in [1.165, 1.54) is 18.2 Å². The van der Waals surface area contributed by atoms with Crippen LogP contribution in [-0.2, 0) is 16.1 Å². The first-order chi connectivity index (χ1) is 17.1. The molecule has 3 N–H and O–H groups in total. The minimum atomic E-state index is -0.130. The Hall–Kier alpha value is -3.71. The van der Waals surface area contributed by atoms with Crippen LogP contribution < -0.4 is 10.6 Å². The van der Waals surface area contributed by atoms with Gasteiger partial charge in [-0.05, 0) is 49.1 Å². The predicted octanol–water partition coefficient (Wildman–Crippen LogP) is 5.62. The van der Waals surface area contributed by atoms with Crippen molar-refractivity contribution in [2.45, 2.75) is 45.2 Å². The van der Waals surface area contributed by atoms with E-state index in [0.717, 1.165) is 60.5 Å². The molecular formula is C28H33N5O2. The summed E-state index contributed by atoms with van der Waals surface area (Å²) >= 11 is 0. The largest absolute Gasteiger partial charge is 0.469 e. The van der Waals surface area contributed by atoms with Crippen molar-refractivity contribution in [3.05, 3.63) is 78.1 Å². The van der Waals surface area contributed by atoms with Gasteiger partial charge >= 0.3 is 5.97 Å². The van der Waals surface area contributed by atoms with Crippen molar-refractivity contribution in [3.63, 3.8) is 0 Å². The molecule has 2 aromatic heterocycles. The Bertz CT molecular complexity index is 1220. The molecule has 7 nitrogen and oxygen atoms in total. The fourth-order valence-electron chi connectivity index (χ4n) is 4.07. The summed E-state index contributed by atoms with van der Waals surface area (Å²) < 4.78 is 4.67. The van der Waals surface area contributed by atoms with Crippen LogP contribution in [0.15, 0.2) is 67.0 Å². The highest BCUT2D eigenvalue weighted by molar-refractivity contribution is 5.91. The van der Waals surface area contributed by atoms with Gasteiger partial charge < -0.3 is 20.4 Å². The van der Waals surface area contributed by atoms with Crippen LogP contribution in [-0.4, -0.2) is 34.6 Å². The number of aromatic nitrogens is 3. The topological polar surface area (TPSA) is 91.9 Å². The van der Waals surface area contributed by atoms with E-state index >= 15 is 0 Å². The first-order valence-corrected chi connectivity index (χ1v) is 12.2. The van der Waals surface area contributed by atoms with E-state index in [1.807, 2.05) is 18.2 Å². The molecular weight excluding hydrogens is 438 g/mol. The molecule has 182 valence electrons. The van der Waals surface area contributed by atoms with Crippen molar-refractivity contribution in [1.82, 2.24) is 20.3 Å². The van der Waals surface area contributed by atoms with Crippen LogP contribution in [0.1, 0.15) is 49.8 Å². The van der Waals surface area contributed by atoms with Crippen LogP contribution in [0, 0.1) is 0 Å². The minimum absolute atomic E-state index is 0.130. The molecule has 0 aliphatic carbocycles. The molecule has 2 aromatic carbocycles. The maximum atomic E-state index is 11.1. The van der Waals surface area contributed by atoms with Gasteiger partial charge in [0, 0.05) is 24.7 Å². The van der Waals surface area contributed by atoms with Crippen molar-refractivity contribution in [2.24, 2.45) is 0 Å². The third-order valence-electron chi connectivity index (χ3n) is 6.13. The Labute approximate surface area is 206 Å². The Kier molecular flexibility index (Phi) is 8.46. The lowest BCUT2D eigenvalue weighted by Crippen LogP contribution is -2.14. The molecule has 4 rings (SSSR count). The summed E-state index contributed by atoms with van der Waals surface area (Å²) in [7, 11) is 1.43. The number of nitrogens with zero attached hydrogens (tertiary/aromatic N) is 2. The van der Waals surface area contributed by atoms with Crippen LogP contribution in [0.3, 0.4) is 0 Å². The summed E-state index contributed by atoms with van der Waals surface area (Å²) in [6.07, 6.45) is 5.03. The zero-order valence-corrected chi connectivity index (χ0v) is 20.4. The molecule has 0 spiro atoms. The molecule has 0 radical (unpaired) electrons. The number of fused-ring (bicyclic) bond motifs is 1. The molecule has 0 bridgehead atoms. The average molecular weight is 472 g/mol. The Morgan fingerprint density at radius 1 is 1.03 bits per heavy atom. The predicted molar refractivity (Wildman–Crippen MR) is 140 cm³/mol. The van der Waals surface area contributed by atoms with Crippen molar-refractivity contribution in [2.75, 3.05) is 19.0 Å². The molecule has 2 heterocycles. The molecule has 0 aliphatic heterocycles. The average Bonchev–Trinajstić information content (AvgIpc) is 3.34. The summed E-state index contributed by atoms with van der Waals surface area (Å²) in [4.78, 5) is 23.5. The number of methoxy groups -OCH3 is 1. The number of anilines is 1. The zero-order chi connectivity index (χ0) is 24.5. The Morgan fingerprint density at radius 3 is 2.60 bits per heavy atom. The van der Waals surface area contributed by atoms with Gasteiger partial charge in [0.05, 0.1) is 12.5 Å². The SMILES string of the molecule is COC(=O)CCCCCNCc1ccc(-c2cc3c(N[C@H](C)c4ccccc4)ncnc3[nH]2)cc1. The van der Waals surface area contributed by atoms with Gasteiger partial charge in [-0.3, -0.25) is 4.79 Å². The highest BCUT2D eigenvalue weighted by Crippen LogP contribution is 2.29. The van der Waals surface area contributed by atoms with Crippen LogP contribution in [0.5, 0.6) is 0 Å². The highest BCUT2D eigenvalue weighted by atomic mass is 16.5.